The Morgan fingerprint density at radius 1 is 1.37 bits per heavy atom. The average Bonchev–Trinajstić information content (AvgIpc) is 3.07. The number of nitrogens with zero attached hydrogens (tertiary/aromatic N) is 2. The van der Waals surface area contributed by atoms with E-state index < -0.39 is 17.9 Å². The van der Waals surface area contributed by atoms with Crippen molar-refractivity contribution in [3.8, 4) is 0 Å². The topological polar surface area (TPSA) is 69.2 Å². The first-order valence-electron chi connectivity index (χ1n) is 9.23. The minimum absolute atomic E-state index is 0.0621. The van der Waals surface area contributed by atoms with Crippen LogP contribution in [-0.2, 0) is 4.79 Å². The molecule has 1 aliphatic heterocycles. The lowest BCUT2D eigenvalue weighted by molar-refractivity contribution is -0.201. The number of hydrogen-bond donors (Lipinski definition) is 2. The third-order valence-electron chi connectivity index (χ3n) is 6.17. The molecule has 5 nitrogen and oxygen atoms in total. The number of hydrogen-bond acceptors (Lipinski definition) is 3. The summed E-state index contributed by atoms with van der Waals surface area (Å²) in [6, 6.07) is 3.00. The summed E-state index contributed by atoms with van der Waals surface area (Å²) < 4.78 is 31.1. The molecule has 1 aromatic carbocycles. The predicted octanol–water partition coefficient (Wildman–Crippen LogP) is 3.78. The largest absolute Gasteiger partial charge is 0.382 e. The van der Waals surface area contributed by atoms with Gasteiger partial charge < -0.3 is 10.0 Å². The van der Waals surface area contributed by atoms with Crippen molar-refractivity contribution in [3.05, 3.63) is 28.9 Å². The summed E-state index contributed by atoms with van der Waals surface area (Å²) in [4.78, 5) is 13.4. The summed E-state index contributed by atoms with van der Waals surface area (Å²) >= 11 is 6.07. The van der Waals surface area contributed by atoms with E-state index in [2.05, 4.69) is 10.2 Å². The molecule has 4 atom stereocenters. The van der Waals surface area contributed by atoms with Crippen molar-refractivity contribution < 1.29 is 18.7 Å². The standard InChI is InChI=1S/C19H22ClF2N3O2/c1-10(26)25-8-11-3-2-4-12(9-25)16(11)19(21,22)18(27)15-6-14(20)5-13-7-23-24-17(13)15/h5-7,11-12,16,18,27H,2-4,8-9H2,1H3,(H,23,24)/t11-,12+,16?,18?. The number of aromatic amines is 1. The van der Waals surface area contributed by atoms with Crippen LogP contribution in [0.3, 0.4) is 0 Å². The summed E-state index contributed by atoms with van der Waals surface area (Å²) in [6.07, 6.45) is 1.67. The monoisotopic (exact) mass is 397 g/mol. The fourth-order valence-corrected chi connectivity index (χ4v) is 5.21. The number of aliphatic hydroxyl groups is 1. The third kappa shape index (κ3) is 3.10. The van der Waals surface area contributed by atoms with Crippen LogP contribution >= 0.6 is 11.6 Å². The zero-order valence-electron chi connectivity index (χ0n) is 15.0. The molecule has 1 saturated carbocycles. The molecule has 1 aromatic heterocycles. The number of carbonyl (C=O) groups excluding carboxylic acids is 1. The summed E-state index contributed by atoms with van der Waals surface area (Å²) in [5.41, 5.74) is 0.435. The van der Waals surface area contributed by atoms with E-state index in [1.165, 1.54) is 19.2 Å². The maximum atomic E-state index is 15.6. The maximum Gasteiger partial charge on any atom is 0.281 e. The van der Waals surface area contributed by atoms with Gasteiger partial charge in [0.15, 0.2) is 0 Å². The van der Waals surface area contributed by atoms with Crippen molar-refractivity contribution in [2.75, 3.05) is 13.1 Å². The van der Waals surface area contributed by atoms with Gasteiger partial charge in [0.2, 0.25) is 5.91 Å². The first-order chi connectivity index (χ1) is 12.8. The van der Waals surface area contributed by atoms with Gasteiger partial charge in [-0.25, -0.2) is 8.78 Å². The van der Waals surface area contributed by atoms with Crippen molar-refractivity contribution in [2.45, 2.75) is 38.2 Å². The van der Waals surface area contributed by atoms with Crippen LogP contribution in [0.4, 0.5) is 8.78 Å². The Balaban J connectivity index is 1.70. The van der Waals surface area contributed by atoms with Gasteiger partial charge in [0.25, 0.3) is 5.92 Å². The van der Waals surface area contributed by atoms with Gasteiger partial charge in [0.1, 0.15) is 6.10 Å². The molecule has 0 spiro atoms. The Morgan fingerprint density at radius 3 is 2.67 bits per heavy atom. The van der Waals surface area contributed by atoms with Gasteiger partial charge >= 0.3 is 0 Å². The van der Waals surface area contributed by atoms with E-state index in [1.54, 1.807) is 11.0 Å². The number of likely N-dealkylation sites (tertiary alicyclic amines) is 1. The van der Waals surface area contributed by atoms with E-state index in [0.717, 1.165) is 6.42 Å². The molecule has 1 amide bonds. The molecule has 27 heavy (non-hydrogen) atoms. The van der Waals surface area contributed by atoms with Crippen LogP contribution in [0.15, 0.2) is 18.3 Å². The SMILES string of the molecule is CC(=O)N1C[C@H]2CCC[C@@H](C1)C2C(F)(F)C(O)c1cc(Cl)cc2cn[nH]c12. The van der Waals surface area contributed by atoms with Crippen LogP contribution < -0.4 is 0 Å². The van der Waals surface area contributed by atoms with Gasteiger partial charge in [0.05, 0.1) is 11.7 Å². The first-order valence-corrected chi connectivity index (χ1v) is 9.60. The van der Waals surface area contributed by atoms with Crippen LogP contribution in [0.1, 0.15) is 37.9 Å². The highest BCUT2D eigenvalue weighted by Crippen LogP contribution is 2.52. The van der Waals surface area contributed by atoms with E-state index >= 15 is 8.78 Å². The number of benzene rings is 1. The second kappa shape index (κ2) is 6.71. The highest BCUT2D eigenvalue weighted by atomic mass is 35.5. The molecular formula is C19H22ClF2N3O2. The smallest absolute Gasteiger partial charge is 0.281 e. The molecule has 2 heterocycles. The lowest BCUT2D eigenvalue weighted by atomic mass is 9.65. The molecule has 2 fully saturated rings. The number of halogens is 3. The quantitative estimate of drug-likeness (QED) is 0.828. The molecular weight excluding hydrogens is 376 g/mol. The molecule has 2 bridgehead atoms. The van der Waals surface area contributed by atoms with Gasteiger partial charge in [-0.15, -0.1) is 0 Å². The molecule has 2 N–H and O–H groups in total. The van der Waals surface area contributed by atoms with Crippen LogP contribution in [0.5, 0.6) is 0 Å². The van der Waals surface area contributed by atoms with Gasteiger partial charge in [-0.1, -0.05) is 18.0 Å². The molecule has 0 radical (unpaired) electrons. The number of aliphatic hydroxyl groups excluding tert-OH is 1. The molecule has 2 unspecified atom stereocenters. The van der Waals surface area contributed by atoms with Crippen LogP contribution in [-0.4, -0.2) is 45.1 Å². The van der Waals surface area contributed by atoms with Gasteiger partial charge in [-0.05, 0) is 36.8 Å². The van der Waals surface area contributed by atoms with Gasteiger partial charge in [0, 0.05) is 41.9 Å². The number of alkyl halides is 2. The Labute approximate surface area is 160 Å². The second-order valence-corrected chi connectivity index (χ2v) is 8.24. The normalized spacial score (nSPS) is 27.0. The molecule has 146 valence electrons. The number of fused-ring (bicyclic) bond motifs is 3. The molecule has 2 aliphatic rings. The van der Waals surface area contributed by atoms with Gasteiger partial charge in [-0.3, -0.25) is 9.89 Å². The number of rotatable bonds is 3. The lowest BCUT2D eigenvalue weighted by Gasteiger charge is -2.50. The zero-order chi connectivity index (χ0) is 19.3. The summed E-state index contributed by atoms with van der Waals surface area (Å²) in [5, 5.41) is 18.2. The van der Waals surface area contributed by atoms with Crippen molar-refractivity contribution >= 4 is 28.4 Å². The fourth-order valence-electron chi connectivity index (χ4n) is 4.97. The first kappa shape index (κ1) is 18.6. The number of amides is 1. The summed E-state index contributed by atoms with van der Waals surface area (Å²) in [6.45, 7) is 2.13. The van der Waals surface area contributed by atoms with E-state index in [4.69, 9.17) is 11.6 Å². The lowest BCUT2D eigenvalue weighted by Crippen LogP contribution is -2.56. The van der Waals surface area contributed by atoms with Crippen LogP contribution in [0.2, 0.25) is 5.02 Å². The molecule has 2 aromatic rings. The summed E-state index contributed by atoms with van der Waals surface area (Å²) in [5.74, 6) is -5.01. The van der Waals surface area contributed by atoms with Crippen LogP contribution in [0, 0.1) is 17.8 Å². The fraction of sp³-hybridized carbons (Fsp3) is 0.579. The third-order valence-corrected chi connectivity index (χ3v) is 6.39. The molecule has 1 aliphatic carbocycles. The molecule has 8 heteroatoms. The Bertz CT molecular complexity index is 858. The predicted molar refractivity (Wildman–Crippen MR) is 97.6 cm³/mol. The maximum absolute atomic E-state index is 15.6. The zero-order valence-corrected chi connectivity index (χ0v) is 15.7. The van der Waals surface area contributed by atoms with Crippen molar-refractivity contribution in [3.63, 3.8) is 0 Å². The highest BCUT2D eigenvalue weighted by molar-refractivity contribution is 6.31. The number of nitrogens with one attached hydrogen (secondary N) is 1. The minimum Gasteiger partial charge on any atom is -0.382 e. The minimum atomic E-state index is -3.33. The number of piperidine rings is 1. The Morgan fingerprint density at radius 2 is 2.04 bits per heavy atom. The average molecular weight is 398 g/mol. The molecule has 1 saturated heterocycles. The molecule has 4 rings (SSSR count). The summed E-state index contributed by atoms with van der Waals surface area (Å²) in [7, 11) is 0. The van der Waals surface area contributed by atoms with Crippen molar-refractivity contribution in [1.82, 2.24) is 15.1 Å². The van der Waals surface area contributed by atoms with Gasteiger partial charge in [-0.2, -0.15) is 5.10 Å². The van der Waals surface area contributed by atoms with E-state index in [1.807, 2.05) is 0 Å². The van der Waals surface area contributed by atoms with E-state index in [9.17, 15) is 9.90 Å². The highest BCUT2D eigenvalue weighted by Gasteiger charge is 2.57. The Hall–Kier alpha value is -1.73. The van der Waals surface area contributed by atoms with Crippen molar-refractivity contribution in [2.24, 2.45) is 17.8 Å². The number of carbonyl (C=O) groups is 1. The number of H-pyrrole nitrogens is 1. The Kier molecular flexibility index (Phi) is 4.63. The number of aromatic nitrogens is 2. The van der Waals surface area contributed by atoms with E-state index in [0.29, 0.717) is 36.8 Å². The van der Waals surface area contributed by atoms with Crippen LogP contribution in [0.25, 0.3) is 10.9 Å². The van der Waals surface area contributed by atoms with E-state index in [-0.39, 0.29) is 28.3 Å². The van der Waals surface area contributed by atoms with Crippen molar-refractivity contribution in [1.29, 1.82) is 0 Å². The second-order valence-electron chi connectivity index (χ2n) is 7.81.